The normalized spacial score (nSPS) is 50.9. The Morgan fingerprint density at radius 3 is 2.23 bits per heavy atom. The second kappa shape index (κ2) is 7.08. The van der Waals surface area contributed by atoms with Gasteiger partial charge in [0, 0.05) is 17.9 Å². The van der Waals surface area contributed by atoms with Gasteiger partial charge in [-0.3, -0.25) is 0 Å². The zero-order chi connectivity index (χ0) is 15.9. The molecule has 0 amide bonds. The van der Waals surface area contributed by atoms with Crippen LogP contribution in [0.2, 0.25) is 0 Å². The first-order chi connectivity index (χ1) is 10.6. The molecule has 0 aromatic rings. The molecule has 0 N–H and O–H groups in total. The van der Waals surface area contributed by atoms with Crippen LogP contribution in [0, 0.1) is 23.7 Å². The van der Waals surface area contributed by atoms with E-state index in [0.717, 1.165) is 25.7 Å². The zero-order valence-electron chi connectivity index (χ0n) is 14.3. The second-order valence-electron chi connectivity index (χ2n) is 7.44. The Hall–Kier alpha value is 0.360. The first kappa shape index (κ1) is 17.2. The van der Waals surface area contributed by atoms with Gasteiger partial charge in [-0.15, -0.1) is 0 Å². The lowest BCUT2D eigenvalue weighted by Gasteiger charge is -2.46. The summed E-state index contributed by atoms with van der Waals surface area (Å²) in [6.07, 6.45) is 6.31. The fourth-order valence-corrected chi connectivity index (χ4v) is 6.38. The molecule has 2 bridgehead atoms. The third-order valence-electron chi connectivity index (χ3n) is 6.21. The summed E-state index contributed by atoms with van der Waals surface area (Å²) in [6.45, 7) is 6.83. The number of methoxy groups -OCH3 is 1. The molecule has 0 unspecified atom stereocenters. The van der Waals surface area contributed by atoms with Crippen molar-refractivity contribution in [3.05, 3.63) is 0 Å². The molecular weight excluding hydrogens is 344 g/mol. The van der Waals surface area contributed by atoms with Crippen molar-refractivity contribution in [2.24, 2.45) is 23.7 Å². The predicted octanol–water partition coefficient (Wildman–Crippen LogP) is 4.38. The van der Waals surface area contributed by atoms with Crippen LogP contribution in [0.4, 0.5) is 0 Å². The summed E-state index contributed by atoms with van der Waals surface area (Å²) in [5.74, 6) is 2.41. The molecule has 22 heavy (non-hydrogen) atoms. The van der Waals surface area contributed by atoms with E-state index in [1.54, 1.807) is 0 Å². The Kier molecular flexibility index (Phi) is 5.53. The lowest BCUT2D eigenvalue weighted by Crippen LogP contribution is -2.52. The van der Waals surface area contributed by atoms with E-state index in [1.165, 1.54) is 6.42 Å². The number of fused-ring (bicyclic) bond motifs is 1. The van der Waals surface area contributed by atoms with Crippen LogP contribution in [0.25, 0.3) is 0 Å². The minimum atomic E-state index is -0.0627. The average molecular weight is 375 g/mol. The van der Waals surface area contributed by atoms with Gasteiger partial charge in [-0.05, 0) is 37.0 Å². The lowest BCUT2D eigenvalue weighted by atomic mass is 9.77. The molecule has 2 saturated carbocycles. The molecule has 0 aromatic heterocycles. The second-order valence-corrected chi connectivity index (χ2v) is 8.50. The first-order valence-corrected chi connectivity index (χ1v) is 10.0. The third-order valence-corrected chi connectivity index (χ3v) is 7.41. The topological polar surface area (TPSA) is 27.7 Å². The summed E-state index contributed by atoms with van der Waals surface area (Å²) in [6, 6.07) is 0. The summed E-state index contributed by atoms with van der Waals surface area (Å²) in [5, 5.41) is 0. The maximum atomic E-state index is 6.65. The van der Waals surface area contributed by atoms with E-state index < -0.39 is 0 Å². The summed E-state index contributed by atoms with van der Waals surface area (Å²) < 4.78 is 18.9. The Morgan fingerprint density at radius 2 is 1.68 bits per heavy atom. The molecular formula is C18H31BrO3. The molecule has 2 aliphatic carbocycles. The summed E-state index contributed by atoms with van der Waals surface area (Å²) in [7, 11) is 1.81. The van der Waals surface area contributed by atoms with Gasteiger partial charge < -0.3 is 14.2 Å². The molecule has 3 nitrogen and oxygen atoms in total. The number of hydrogen-bond acceptors (Lipinski definition) is 3. The fraction of sp³-hybridized carbons (Fsp3) is 1.00. The van der Waals surface area contributed by atoms with Crippen molar-refractivity contribution in [2.45, 2.75) is 82.3 Å². The van der Waals surface area contributed by atoms with Crippen molar-refractivity contribution in [1.82, 2.24) is 0 Å². The number of hydrogen-bond donors (Lipinski definition) is 0. The number of halogens is 1. The minimum absolute atomic E-state index is 0.0627. The Balaban J connectivity index is 1.87. The molecule has 128 valence electrons. The summed E-state index contributed by atoms with van der Waals surface area (Å²) in [4.78, 5) is 0.501. The van der Waals surface area contributed by atoms with Crippen LogP contribution >= 0.6 is 15.9 Å². The highest BCUT2D eigenvalue weighted by atomic mass is 79.9. The quantitative estimate of drug-likeness (QED) is 0.668. The van der Waals surface area contributed by atoms with Crippen LogP contribution in [-0.4, -0.2) is 36.5 Å². The van der Waals surface area contributed by atoms with Gasteiger partial charge in [0.1, 0.15) is 0 Å². The van der Waals surface area contributed by atoms with Gasteiger partial charge >= 0.3 is 0 Å². The number of rotatable bonds is 5. The van der Waals surface area contributed by atoms with Crippen molar-refractivity contribution in [2.75, 3.05) is 7.11 Å². The van der Waals surface area contributed by atoms with E-state index in [4.69, 9.17) is 14.2 Å². The van der Waals surface area contributed by atoms with Gasteiger partial charge in [0.05, 0.1) is 18.3 Å². The van der Waals surface area contributed by atoms with E-state index in [9.17, 15) is 0 Å². The van der Waals surface area contributed by atoms with Crippen LogP contribution in [0.3, 0.4) is 0 Å². The van der Waals surface area contributed by atoms with Gasteiger partial charge in [0.2, 0.25) is 0 Å². The highest BCUT2D eigenvalue weighted by Crippen LogP contribution is 2.58. The van der Waals surface area contributed by atoms with Gasteiger partial charge in [-0.25, -0.2) is 0 Å². The van der Waals surface area contributed by atoms with Gasteiger partial charge in [-0.2, -0.15) is 0 Å². The molecule has 1 aliphatic heterocycles. The molecule has 0 radical (unpaired) electrons. The molecule has 9 atom stereocenters. The molecule has 4 heteroatoms. The minimum Gasteiger partial charge on any atom is -0.371 e. The predicted molar refractivity (Wildman–Crippen MR) is 91.1 cm³/mol. The van der Waals surface area contributed by atoms with Crippen LogP contribution in [0.5, 0.6) is 0 Å². The van der Waals surface area contributed by atoms with Crippen molar-refractivity contribution < 1.29 is 14.2 Å². The van der Waals surface area contributed by atoms with Crippen molar-refractivity contribution >= 4 is 15.9 Å². The van der Waals surface area contributed by atoms with E-state index in [2.05, 4.69) is 36.7 Å². The zero-order valence-corrected chi connectivity index (χ0v) is 15.9. The number of alkyl halides is 1. The van der Waals surface area contributed by atoms with Gasteiger partial charge in [0.15, 0.2) is 6.29 Å². The average Bonchev–Trinajstić information content (AvgIpc) is 2.97. The fourth-order valence-electron chi connectivity index (χ4n) is 5.17. The Bertz CT molecular complexity index is 377. The highest BCUT2D eigenvalue weighted by Gasteiger charge is 2.60. The van der Waals surface area contributed by atoms with E-state index in [0.29, 0.717) is 34.6 Å². The Labute approximate surface area is 143 Å². The summed E-state index contributed by atoms with van der Waals surface area (Å²) in [5.41, 5.74) is 0. The van der Waals surface area contributed by atoms with E-state index in [-0.39, 0.29) is 18.5 Å². The highest BCUT2D eigenvalue weighted by molar-refractivity contribution is 9.09. The van der Waals surface area contributed by atoms with Crippen molar-refractivity contribution in [3.63, 3.8) is 0 Å². The molecule has 0 aromatic carbocycles. The SMILES string of the molecule is CCC[C@@H]1O[C@H]2[C@H](Br)[C@H]3C[C@H]2[C@H]([C@H](OC)O[C@@H]1CCC)[C@H]3C. The smallest absolute Gasteiger partial charge is 0.161 e. The third kappa shape index (κ3) is 2.78. The van der Waals surface area contributed by atoms with Crippen molar-refractivity contribution in [3.8, 4) is 0 Å². The van der Waals surface area contributed by atoms with Crippen LogP contribution in [0.1, 0.15) is 52.9 Å². The maximum Gasteiger partial charge on any atom is 0.161 e. The van der Waals surface area contributed by atoms with Gasteiger partial charge in [-0.1, -0.05) is 49.5 Å². The van der Waals surface area contributed by atoms with E-state index >= 15 is 0 Å². The first-order valence-electron chi connectivity index (χ1n) is 9.10. The molecule has 3 rings (SSSR count). The summed E-state index contributed by atoms with van der Waals surface area (Å²) >= 11 is 3.96. The largest absolute Gasteiger partial charge is 0.371 e. The molecule has 1 saturated heterocycles. The van der Waals surface area contributed by atoms with Crippen LogP contribution in [0.15, 0.2) is 0 Å². The standard InChI is InChI=1S/C18H31BrO3/c1-5-7-13-14(8-6-2)22-18(20-4)15-10(3)11-9-12(15)17(21-13)16(11)19/h10-18H,5-9H2,1-4H3/t10-,11-,12-,13-,14+,15+,16+,17+,18+/m0/s1. The number of ether oxygens (including phenoxy) is 3. The molecule has 1 heterocycles. The molecule has 0 spiro atoms. The van der Waals surface area contributed by atoms with Crippen molar-refractivity contribution in [1.29, 1.82) is 0 Å². The van der Waals surface area contributed by atoms with Crippen LogP contribution < -0.4 is 0 Å². The van der Waals surface area contributed by atoms with Crippen LogP contribution in [-0.2, 0) is 14.2 Å². The molecule has 3 fully saturated rings. The van der Waals surface area contributed by atoms with E-state index in [1.807, 2.05) is 7.11 Å². The maximum absolute atomic E-state index is 6.65. The molecule has 3 aliphatic rings. The van der Waals surface area contributed by atoms with Gasteiger partial charge in [0.25, 0.3) is 0 Å². The Morgan fingerprint density at radius 1 is 1.05 bits per heavy atom. The lowest BCUT2D eigenvalue weighted by molar-refractivity contribution is -0.261. The monoisotopic (exact) mass is 374 g/mol.